The molecule has 2 N–H and O–H groups in total. The van der Waals surface area contributed by atoms with Gasteiger partial charge in [0.15, 0.2) is 5.76 Å². The van der Waals surface area contributed by atoms with Crippen molar-refractivity contribution in [3.8, 4) is 10.6 Å². The van der Waals surface area contributed by atoms with Crippen molar-refractivity contribution in [2.45, 2.75) is 13.3 Å². The molecule has 0 aliphatic heterocycles. The predicted molar refractivity (Wildman–Crippen MR) is 55.1 cm³/mol. The van der Waals surface area contributed by atoms with Crippen LogP contribution in [-0.4, -0.2) is 16.1 Å². The molecule has 0 spiro atoms. The van der Waals surface area contributed by atoms with E-state index in [0.717, 1.165) is 28.3 Å². The molecule has 4 nitrogen and oxygen atoms in total. The molecule has 0 saturated heterocycles. The van der Waals surface area contributed by atoms with Gasteiger partial charge in [-0.1, -0.05) is 4.49 Å². The molecule has 0 amide bonds. The van der Waals surface area contributed by atoms with E-state index in [1.54, 1.807) is 6.26 Å². The molecule has 0 saturated carbocycles. The minimum absolute atomic E-state index is 0.623. The number of hydrogen-bond acceptors (Lipinski definition) is 5. The van der Waals surface area contributed by atoms with E-state index in [4.69, 9.17) is 10.2 Å². The highest BCUT2D eigenvalue weighted by atomic mass is 32.1. The Labute approximate surface area is 85.9 Å². The molecule has 2 rings (SSSR count). The van der Waals surface area contributed by atoms with Crippen molar-refractivity contribution < 1.29 is 4.42 Å². The Kier molecular flexibility index (Phi) is 2.60. The second-order valence-electron chi connectivity index (χ2n) is 3.00. The average Bonchev–Trinajstić information content (AvgIpc) is 2.74. The van der Waals surface area contributed by atoms with Gasteiger partial charge in [0.2, 0.25) is 0 Å². The summed E-state index contributed by atoms with van der Waals surface area (Å²) in [5.74, 6) is 0.864. The summed E-state index contributed by atoms with van der Waals surface area (Å²) in [6.07, 6.45) is 2.50. The Balaban J connectivity index is 2.41. The Hall–Kier alpha value is -1.20. The van der Waals surface area contributed by atoms with E-state index in [0.29, 0.717) is 6.54 Å². The highest BCUT2D eigenvalue weighted by Gasteiger charge is 2.13. The van der Waals surface area contributed by atoms with Gasteiger partial charge < -0.3 is 10.2 Å². The Bertz CT molecular complexity index is 421. The molecule has 74 valence electrons. The number of aromatic nitrogens is 2. The van der Waals surface area contributed by atoms with Gasteiger partial charge in [-0.05, 0) is 37.5 Å². The molecule has 0 fully saturated rings. The number of nitrogens with zero attached hydrogens (tertiary/aromatic N) is 2. The van der Waals surface area contributed by atoms with Crippen molar-refractivity contribution in [2.24, 2.45) is 5.73 Å². The number of nitrogens with two attached hydrogens (primary N) is 1. The number of hydrogen-bond donors (Lipinski definition) is 1. The van der Waals surface area contributed by atoms with Crippen LogP contribution in [0.25, 0.3) is 10.6 Å². The number of furan rings is 1. The standard InChI is InChI=1S/C9H11N3OS/c1-6-9(14-12-11-6)8-7(2-4-10)3-5-13-8/h3,5H,2,4,10H2,1H3. The summed E-state index contributed by atoms with van der Waals surface area (Å²) in [4.78, 5) is 0.999. The zero-order valence-corrected chi connectivity index (χ0v) is 8.67. The van der Waals surface area contributed by atoms with Crippen molar-refractivity contribution in [3.05, 3.63) is 23.6 Å². The molecule has 14 heavy (non-hydrogen) atoms. The van der Waals surface area contributed by atoms with Crippen LogP contribution in [0.5, 0.6) is 0 Å². The van der Waals surface area contributed by atoms with Gasteiger partial charge in [0.05, 0.1) is 12.0 Å². The lowest BCUT2D eigenvalue weighted by Crippen LogP contribution is -2.02. The number of aryl methyl sites for hydroxylation is 1. The van der Waals surface area contributed by atoms with Crippen molar-refractivity contribution in [1.29, 1.82) is 0 Å². The molecule has 0 bridgehead atoms. The van der Waals surface area contributed by atoms with E-state index < -0.39 is 0 Å². The summed E-state index contributed by atoms with van der Waals surface area (Å²) in [6.45, 7) is 2.55. The van der Waals surface area contributed by atoms with Crippen molar-refractivity contribution in [3.63, 3.8) is 0 Å². The zero-order valence-electron chi connectivity index (χ0n) is 7.86. The predicted octanol–water partition coefficient (Wildman–Crippen LogP) is 1.61. The van der Waals surface area contributed by atoms with Gasteiger partial charge in [0.25, 0.3) is 0 Å². The van der Waals surface area contributed by atoms with E-state index >= 15 is 0 Å². The molecule has 0 aliphatic rings. The average molecular weight is 209 g/mol. The topological polar surface area (TPSA) is 64.9 Å². The summed E-state index contributed by atoms with van der Waals surface area (Å²) in [6, 6.07) is 1.95. The highest BCUT2D eigenvalue weighted by Crippen LogP contribution is 2.29. The van der Waals surface area contributed by atoms with Crippen LogP contribution in [0.1, 0.15) is 11.3 Å². The normalized spacial score (nSPS) is 10.7. The zero-order chi connectivity index (χ0) is 9.97. The first-order valence-electron chi connectivity index (χ1n) is 4.38. The lowest BCUT2D eigenvalue weighted by molar-refractivity contribution is 0.580. The van der Waals surface area contributed by atoms with Crippen molar-refractivity contribution >= 4 is 11.5 Å². The molecule has 0 atom stereocenters. The fourth-order valence-electron chi connectivity index (χ4n) is 1.33. The largest absolute Gasteiger partial charge is 0.463 e. The summed E-state index contributed by atoms with van der Waals surface area (Å²) in [5.41, 5.74) is 7.54. The molecular formula is C9H11N3OS. The van der Waals surface area contributed by atoms with E-state index in [9.17, 15) is 0 Å². The molecule has 0 aromatic carbocycles. The molecular weight excluding hydrogens is 198 g/mol. The summed E-state index contributed by atoms with van der Waals surface area (Å²) >= 11 is 1.35. The second kappa shape index (κ2) is 3.89. The van der Waals surface area contributed by atoms with Crippen molar-refractivity contribution in [1.82, 2.24) is 9.59 Å². The van der Waals surface area contributed by atoms with Gasteiger partial charge in [-0.15, -0.1) is 5.10 Å². The molecule has 0 radical (unpaired) electrons. The third-order valence-corrected chi connectivity index (χ3v) is 2.84. The van der Waals surface area contributed by atoms with Crippen LogP contribution < -0.4 is 5.73 Å². The first kappa shape index (κ1) is 9.36. The van der Waals surface area contributed by atoms with E-state index in [2.05, 4.69) is 9.59 Å². The summed E-state index contributed by atoms with van der Waals surface area (Å²) in [7, 11) is 0. The summed E-state index contributed by atoms with van der Waals surface area (Å²) in [5, 5.41) is 3.95. The maximum absolute atomic E-state index is 5.51. The van der Waals surface area contributed by atoms with Crippen LogP contribution in [0.15, 0.2) is 16.7 Å². The van der Waals surface area contributed by atoms with Crippen LogP contribution in [-0.2, 0) is 6.42 Å². The lowest BCUT2D eigenvalue weighted by atomic mass is 10.1. The second-order valence-corrected chi connectivity index (χ2v) is 3.76. The van der Waals surface area contributed by atoms with Gasteiger partial charge >= 0.3 is 0 Å². The van der Waals surface area contributed by atoms with Gasteiger partial charge in [-0.3, -0.25) is 0 Å². The van der Waals surface area contributed by atoms with Gasteiger partial charge in [-0.2, -0.15) is 0 Å². The molecule has 2 aromatic rings. The van der Waals surface area contributed by atoms with Crippen LogP contribution in [0.3, 0.4) is 0 Å². The third-order valence-electron chi connectivity index (χ3n) is 2.02. The van der Waals surface area contributed by atoms with Gasteiger partial charge in [0.1, 0.15) is 4.88 Å². The Morgan fingerprint density at radius 3 is 3.07 bits per heavy atom. The Morgan fingerprint density at radius 2 is 2.43 bits per heavy atom. The maximum Gasteiger partial charge on any atom is 0.150 e. The molecule has 0 aliphatic carbocycles. The fraction of sp³-hybridized carbons (Fsp3) is 0.333. The van der Waals surface area contributed by atoms with E-state index in [1.807, 2.05) is 13.0 Å². The molecule has 2 aromatic heterocycles. The van der Waals surface area contributed by atoms with Crippen LogP contribution >= 0.6 is 11.5 Å². The maximum atomic E-state index is 5.51. The van der Waals surface area contributed by atoms with Gasteiger partial charge in [-0.25, -0.2) is 0 Å². The van der Waals surface area contributed by atoms with Crippen molar-refractivity contribution in [2.75, 3.05) is 6.54 Å². The van der Waals surface area contributed by atoms with Crippen LogP contribution in [0.2, 0.25) is 0 Å². The highest BCUT2D eigenvalue weighted by molar-refractivity contribution is 7.09. The Morgan fingerprint density at radius 1 is 1.57 bits per heavy atom. The van der Waals surface area contributed by atoms with Crippen LogP contribution in [0, 0.1) is 6.92 Å². The van der Waals surface area contributed by atoms with Gasteiger partial charge in [0, 0.05) is 5.56 Å². The molecule has 2 heterocycles. The smallest absolute Gasteiger partial charge is 0.150 e. The van der Waals surface area contributed by atoms with E-state index in [1.165, 1.54) is 11.5 Å². The first-order chi connectivity index (χ1) is 6.83. The van der Waals surface area contributed by atoms with Crippen LogP contribution in [0.4, 0.5) is 0 Å². The quantitative estimate of drug-likeness (QED) is 0.834. The SMILES string of the molecule is Cc1nnsc1-c1occc1CCN. The van der Waals surface area contributed by atoms with E-state index in [-0.39, 0.29) is 0 Å². The molecule has 0 unspecified atom stereocenters. The minimum Gasteiger partial charge on any atom is -0.463 e. The third kappa shape index (κ3) is 1.56. The summed E-state index contributed by atoms with van der Waals surface area (Å²) < 4.78 is 9.30. The number of rotatable bonds is 3. The minimum atomic E-state index is 0.623. The molecule has 5 heteroatoms. The lowest BCUT2D eigenvalue weighted by Gasteiger charge is -1.97. The fourth-order valence-corrected chi connectivity index (χ4v) is 2.01. The monoisotopic (exact) mass is 209 g/mol. The first-order valence-corrected chi connectivity index (χ1v) is 5.16.